The van der Waals surface area contributed by atoms with Crippen molar-refractivity contribution in [2.24, 2.45) is 0 Å². The lowest BCUT2D eigenvalue weighted by molar-refractivity contribution is -0.121. The monoisotopic (exact) mass is 445 g/mol. The summed E-state index contributed by atoms with van der Waals surface area (Å²) in [5.41, 5.74) is 0.807. The van der Waals surface area contributed by atoms with Crippen LogP contribution in [-0.4, -0.2) is 42.0 Å². The van der Waals surface area contributed by atoms with Gasteiger partial charge in [0.1, 0.15) is 0 Å². The second kappa shape index (κ2) is 8.60. The van der Waals surface area contributed by atoms with Gasteiger partial charge in [-0.25, -0.2) is 0 Å². The van der Waals surface area contributed by atoms with E-state index in [1.54, 1.807) is 0 Å². The van der Waals surface area contributed by atoms with E-state index in [4.69, 9.17) is 0 Å². The van der Waals surface area contributed by atoms with Crippen LogP contribution in [0.25, 0.3) is 0 Å². The Hall–Kier alpha value is -0.430. The number of piperidine rings is 1. The Morgan fingerprint density at radius 2 is 1.87 bits per heavy atom. The molecule has 6 heteroatoms. The van der Waals surface area contributed by atoms with Gasteiger partial charge in [0, 0.05) is 34.1 Å². The topological polar surface area (TPSA) is 44.4 Å². The van der Waals surface area contributed by atoms with Crippen LogP contribution in [0.5, 0.6) is 0 Å². The van der Waals surface area contributed by atoms with E-state index in [1.807, 2.05) is 25.1 Å². The molecule has 2 N–H and O–H groups in total. The predicted molar refractivity (Wildman–Crippen MR) is 103 cm³/mol. The predicted octanol–water partition coefficient (Wildman–Crippen LogP) is 4.00. The highest BCUT2D eigenvalue weighted by molar-refractivity contribution is 9.11. The molecule has 1 amide bonds. The van der Waals surface area contributed by atoms with Gasteiger partial charge in [-0.15, -0.1) is 0 Å². The van der Waals surface area contributed by atoms with Gasteiger partial charge in [0.2, 0.25) is 5.91 Å². The summed E-state index contributed by atoms with van der Waals surface area (Å²) in [5, 5.41) is 6.60. The van der Waals surface area contributed by atoms with E-state index in [0.717, 1.165) is 40.6 Å². The van der Waals surface area contributed by atoms with Crippen molar-refractivity contribution >= 4 is 43.5 Å². The molecule has 1 saturated heterocycles. The molecule has 128 valence electrons. The number of rotatable bonds is 5. The van der Waals surface area contributed by atoms with Crippen molar-refractivity contribution in [1.82, 2.24) is 10.2 Å². The van der Waals surface area contributed by atoms with Crippen molar-refractivity contribution < 1.29 is 4.79 Å². The van der Waals surface area contributed by atoms with Crippen LogP contribution in [0.4, 0.5) is 5.69 Å². The first-order chi connectivity index (χ1) is 10.9. The lowest BCUT2D eigenvalue weighted by atomic mass is 10.0. The maximum atomic E-state index is 12.5. The zero-order chi connectivity index (χ0) is 17.0. The summed E-state index contributed by atoms with van der Waals surface area (Å²) in [5.74, 6) is 0.0447. The normalized spacial score (nSPS) is 18.2. The van der Waals surface area contributed by atoms with E-state index in [0.29, 0.717) is 12.1 Å². The van der Waals surface area contributed by atoms with Crippen LogP contribution in [-0.2, 0) is 4.79 Å². The number of anilines is 1. The zero-order valence-corrected chi connectivity index (χ0v) is 17.1. The second-order valence-electron chi connectivity index (χ2n) is 6.42. The summed E-state index contributed by atoms with van der Waals surface area (Å²) < 4.78 is 1.86. The summed E-state index contributed by atoms with van der Waals surface area (Å²) >= 11 is 6.90. The molecule has 4 nitrogen and oxygen atoms in total. The first-order valence-corrected chi connectivity index (χ1v) is 9.71. The molecule has 1 aliphatic heterocycles. The van der Waals surface area contributed by atoms with E-state index in [9.17, 15) is 4.79 Å². The van der Waals surface area contributed by atoms with Crippen LogP contribution in [0.2, 0.25) is 0 Å². The van der Waals surface area contributed by atoms with Crippen molar-refractivity contribution in [2.75, 3.05) is 18.4 Å². The summed E-state index contributed by atoms with van der Waals surface area (Å²) in [6.07, 6.45) is 2.19. The Morgan fingerprint density at radius 1 is 1.22 bits per heavy atom. The van der Waals surface area contributed by atoms with E-state index in [-0.39, 0.29) is 11.9 Å². The average molecular weight is 447 g/mol. The SMILES string of the molecule is CC(C)NC1CCN(C(C)C(=O)Nc2ccc(Br)cc2Br)CC1. The third-order valence-corrected chi connectivity index (χ3v) is 5.36. The molecule has 2 rings (SSSR count). The van der Waals surface area contributed by atoms with Crippen molar-refractivity contribution in [3.63, 3.8) is 0 Å². The number of benzene rings is 1. The number of hydrogen-bond donors (Lipinski definition) is 2. The van der Waals surface area contributed by atoms with Gasteiger partial charge in [-0.05, 0) is 53.9 Å². The van der Waals surface area contributed by atoms with Gasteiger partial charge in [-0.1, -0.05) is 29.8 Å². The molecule has 0 aliphatic carbocycles. The van der Waals surface area contributed by atoms with Gasteiger partial charge in [0.15, 0.2) is 0 Å². The number of nitrogens with zero attached hydrogens (tertiary/aromatic N) is 1. The number of likely N-dealkylation sites (tertiary alicyclic amines) is 1. The van der Waals surface area contributed by atoms with Gasteiger partial charge in [0.25, 0.3) is 0 Å². The number of carbonyl (C=O) groups excluding carboxylic acids is 1. The minimum atomic E-state index is -0.120. The third-order valence-electron chi connectivity index (χ3n) is 4.21. The van der Waals surface area contributed by atoms with Crippen molar-refractivity contribution in [2.45, 2.75) is 51.7 Å². The maximum absolute atomic E-state index is 12.5. The van der Waals surface area contributed by atoms with Gasteiger partial charge in [-0.3, -0.25) is 9.69 Å². The molecule has 0 saturated carbocycles. The molecule has 1 aliphatic rings. The fourth-order valence-corrected chi connectivity index (χ4v) is 4.06. The molecule has 23 heavy (non-hydrogen) atoms. The molecule has 0 aromatic heterocycles. The number of halogens is 2. The van der Waals surface area contributed by atoms with Gasteiger partial charge >= 0.3 is 0 Å². The van der Waals surface area contributed by atoms with Crippen molar-refractivity contribution in [1.29, 1.82) is 0 Å². The van der Waals surface area contributed by atoms with Crippen molar-refractivity contribution in [3.05, 3.63) is 27.1 Å². The van der Waals surface area contributed by atoms with Crippen LogP contribution >= 0.6 is 31.9 Å². The van der Waals surface area contributed by atoms with Crippen LogP contribution in [0.1, 0.15) is 33.6 Å². The fourth-order valence-electron chi connectivity index (χ4n) is 2.92. The lowest BCUT2D eigenvalue weighted by Gasteiger charge is -2.36. The molecular formula is C17H25Br2N3O. The smallest absolute Gasteiger partial charge is 0.241 e. The van der Waals surface area contributed by atoms with Crippen LogP contribution in [0, 0.1) is 0 Å². The summed E-state index contributed by atoms with van der Waals surface area (Å²) in [7, 11) is 0. The molecule has 0 spiro atoms. The summed E-state index contributed by atoms with van der Waals surface area (Å²) in [4.78, 5) is 14.8. The van der Waals surface area contributed by atoms with E-state index < -0.39 is 0 Å². The van der Waals surface area contributed by atoms with Gasteiger partial charge < -0.3 is 10.6 Å². The first kappa shape index (κ1) is 18.9. The Bertz CT molecular complexity index is 543. The fraction of sp³-hybridized carbons (Fsp3) is 0.588. The van der Waals surface area contributed by atoms with Gasteiger partial charge in [-0.2, -0.15) is 0 Å². The Morgan fingerprint density at radius 3 is 2.43 bits per heavy atom. The minimum Gasteiger partial charge on any atom is -0.324 e. The number of nitrogens with one attached hydrogen (secondary N) is 2. The first-order valence-electron chi connectivity index (χ1n) is 8.13. The quantitative estimate of drug-likeness (QED) is 0.718. The summed E-state index contributed by atoms with van der Waals surface area (Å²) in [6, 6.07) is 6.73. The van der Waals surface area contributed by atoms with Crippen LogP contribution in [0.15, 0.2) is 27.1 Å². The molecule has 1 unspecified atom stereocenters. The average Bonchev–Trinajstić information content (AvgIpc) is 2.49. The van der Waals surface area contributed by atoms with Gasteiger partial charge in [0.05, 0.1) is 11.7 Å². The van der Waals surface area contributed by atoms with E-state index >= 15 is 0 Å². The molecule has 0 bridgehead atoms. The molecule has 1 aromatic rings. The molecule has 1 aromatic carbocycles. The highest BCUT2D eigenvalue weighted by Crippen LogP contribution is 2.26. The van der Waals surface area contributed by atoms with E-state index in [1.165, 1.54) is 0 Å². The Balaban J connectivity index is 1.88. The summed E-state index contributed by atoms with van der Waals surface area (Å²) in [6.45, 7) is 8.26. The standard InChI is InChI=1S/C17H25Br2N3O/c1-11(2)20-14-6-8-22(9-7-14)12(3)17(23)21-16-5-4-13(18)10-15(16)19/h4-5,10-12,14,20H,6-9H2,1-3H3,(H,21,23). The largest absolute Gasteiger partial charge is 0.324 e. The molecule has 1 fully saturated rings. The highest BCUT2D eigenvalue weighted by atomic mass is 79.9. The number of carbonyl (C=O) groups is 1. The molecule has 1 heterocycles. The van der Waals surface area contributed by atoms with Crippen LogP contribution < -0.4 is 10.6 Å². The highest BCUT2D eigenvalue weighted by Gasteiger charge is 2.27. The van der Waals surface area contributed by atoms with Crippen molar-refractivity contribution in [3.8, 4) is 0 Å². The molecular weight excluding hydrogens is 422 g/mol. The Kier molecular flexibility index (Phi) is 7.07. The van der Waals surface area contributed by atoms with E-state index in [2.05, 4.69) is 61.2 Å². The maximum Gasteiger partial charge on any atom is 0.241 e. The van der Waals surface area contributed by atoms with Crippen LogP contribution in [0.3, 0.4) is 0 Å². The lowest BCUT2D eigenvalue weighted by Crippen LogP contribution is -2.50. The molecule has 1 atom stereocenters. The number of hydrogen-bond acceptors (Lipinski definition) is 3. The zero-order valence-electron chi connectivity index (χ0n) is 13.9. The second-order valence-corrected chi connectivity index (χ2v) is 8.19. The minimum absolute atomic E-state index is 0.0447. The number of amides is 1. The molecule has 0 radical (unpaired) electrons. The Labute approximate surface area is 155 Å². The third kappa shape index (κ3) is 5.55.